The summed E-state index contributed by atoms with van der Waals surface area (Å²) in [7, 11) is 0. The first-order chi connectivity index (χ1) is 8.41. The van der Waals surface area contributed by atoms with E-state index in [9.17, 15) is 9.59 Å². The molecule has 4 heteroatoms. The molecule has 0 spiro atoms. The Kier molecular flexibility index (Phi) is 8.97. The second kappa shape index (κ2) is 9.68. The molecule has 0 unspecified atom stereocenters. The Morgan fingerprint density at radius 1 is 1.00 bits per heavy atom. The molecule has 4 nitrogen and oxygen atoms in total. The summed E-state index contributed by atoms with van der Waals surface area (Å²) in [5.74, 6) is 0.0759. The van der Waals surface area contributed by atoms with Crippen molar-refractivity contribution in [3.63, 3.8) is 0 Å². The maximum absolute atomic E-state index is 11.2. The van der Waals surface area contributed by atoms with E-state index in [1.54, 1.807) is 6.08 Å². The predicted octanol–water partition coefficient (Wildman–Crippen LogP) is 2.72. The maximum Gasteiger partial charge on any atom is 0.330 e. The van der Waals surface area contributed by atoms with Gasteiger partial charge in [-0.15, -0.1) is 0 Å². The number of hydrogen-bond donors (Lipinski definition) is 0. The van der Waals surface area contributed by atoms with E-state index in [2.05, 4.69) is 0 Å². The van der Waals surface area contributed by atoms with Gasteiger partial charge in [-0.1, -0.05) is 33.8 Å². The van der Waals surface area contributed by atoms with E-state index in [1.165, 1.54) is 6.08 Å². The molecule has 0 rings (SSSR count). The molecule has 0 aliphatic heterocycles. The highest BCUT2D eigenvalue weighted by molar-refractivity contribution is 5.82. The van der Waals surface area contributed by atoms with Gasteiger partial charge in [-0.2, -0.15) is 0 Å². The Hall–Kier alpha value is -1.32. The topological polar surface area (TPSA) is 52.6 Å². The van der Waals surface area contributed by atoms with Gasteiger partial charge in [-0.05, 0) is 18.3 Å². The molecule has 0 heterocycles. The monoisotopic (exact) mass is 256 g/mol. The van der Waals surface area contributed by atoms with Crippen molar-refractivity contribution in [2.45, 2.75) is 40.5 Å². The Morgan fingerprint density at radius 2 is 1.56 bits per heavy atom. The second-order valence-corrected chi connectivity index (χ2v) is 5.04. The van der Waals surface area contributed by atoms with Crippen molar-refractivity contribution < 1.29 is 19.1 Å². The largest absolute Gasteiger partial charge is 0.465 e. The van der Waals surface area contributed by atoms with E-state index >= 15 is 0 Å². The Balaban J connectivity index is 3.63. The summed E-state index contributed by atoms with van der Waals surface area (Å²) < 4.78 is 9.95. The van der Waals surface area contributed by atoms with Gasteiger partial charge in [-0.25, -0.2) is 4.79 Å². The smallest absolute Gasteiger partial charge is 0.330 e. The van der Waals surface area contributed by atoms with Crippen molar-refractivity contribution in [3.8, 4) is 0 Å². The summed E-state index contributed by atoms with van der Waals surface area (Å²) in [4.78, 5) is 22.4. The highest BCUT2D eigenvalue weighted by Gasteiger charge is 2.03. The minimum absolute atomic E-state index is 0.233. The third-order valence-electron chi connectivity index (χ3n) is 1.91. The first kappa shape index (κ1) is 16.7. The molecule has 18 heavy (non-hydrogen) atoms. The zero-order valence-corrected chi connectivity index (χ0v) is 11.8. The minimum Gasteiger partial charge on any atom is -0.465 e. The van der Waals surface area contributed by atoms with Gasteiger partial charge in [0.05, 0.1) is 13.2 Å². The lowest BCUT2D eigenvalue weighted by Crippen LogP contribution is -2.09. The van der Waals surface area contributed by atoms with Crippen LogP contribution in [0.3, 0.4) is 0 Å². The lowest BCUT2D eigenvalue weighted by molar-refractivity contribution is -0.144. The summed E-state index contributed by atoms with van der Waals surface area (Å²) >= 11 is 0. The average molecular weight is 256 g/mol. The van der Waals surface area contributed by atoms with Crippen LogP contribution >= 0.6 is 0 Å². The quantitative estimate of drug-likeness (QED) is 0.495. The fourth-order valence-corrected chi connectivity index (χ4v) is 1.01. The normalized spacial score (nSPS) is 11.2. The molecule has 0 aliphatic rings. The summed E-state index contributed by atoms with van der Waals surface area (Å²) in [6.07, 6.45) is 3.78. The molecule has 0 atom stereocenters. The number of allylic oxidation sites excluding steroid dienone is 1. The lowest BCUT2D eigenvalue weighted by Gasteiger charge is -2.06. The highest BCUT2D eigenvalue weighted by Crippen LogP contribution is 1.99. The number of esters is 2. The summed E-state index contributed by atoms with van der Waals surface area (Å²) in [5, 5.41) is 0. The fourth-order valence-electron chi connectivity index (χ4n) is 1.01. The minimum atomic E-state index is -0.362. The Bertz CT molecular complexity index is 280. The van der Waals surface area contributed by atoms with E-state index in [4.69, 9.17) is 9.47 Å². The molecular formula is C14H24O4. The summed E-state index contributed by atoms with van der Waals surface area (Å²) in [6.45, 7) is 8.78. The van der Waals surface area contributed by atoms with E-state index in [1.807, 2.05) is 27.7 Å². The highest BCUT2D eigenvalue weighted by atomic mass is 16.5. The molecule has 0 aromatic rings. The average Bonchev–Trinajstić information content (AvgIpc) is 2.29. The molecule has 0 N–H and O–H groups in total. The van der Waals surface area contributed by atoms with Crippen molar-refractivity contribution >= 4 is 11.9 Å². The molecule has 0 aliphatic carbocycles. The van der Waals surface area contributed by atoms with Gasteiger partial charge in [0.25, 0.3) is 0 Å². The molecule has 0 fully saturated rings. The van der Waals surface area contributed by atoms with E-state index < -0.39 is 0 Å². The number of carbonyl (C=O) groups excluding carboxylic acids is 2. The summed E-state index contributed by atoms with van der Waals surface area (Å²) in [6, 6.07) is 0. The van der Waals surface area contributed by atoms with Crippen LogP contribution in [-0.4, -0.2) is 25.2 Å². The molecule has 0 aromatic carbocycles. The van der Waals surface area contributed by atoms with Gasteiger partial charge < -0.3 is 9.47 Å². The van der Waals surface area contributed by atoms with Crippen LogP contribution < -0.4 is 0 Å². The third kappa shape index (κ3) is 11.2. The number of carbonyl (C=O) groups is 2. The van der Waals surface area contributed by atoms with Crippen molar-refractivity contribution in [1.29, 1.82) is 0 Å². The van der Waals surface area contributed by atoms with Crippen molar-refractivity contribution in [3.05, 3.63) is 12.2 Å². The lowest BCUT2D eigenvalue weighted by atomic mass is 10.2. The maximum atomic E-state index is 11.2. The van der Waals surface area contributed by atoms with Gasteiger partial charge in [0, 0.05) is 12.5 Å². The molecule has 0 saturated carbocycles. The van der Waals surface area contributed by atoms with Gasteiger partial charge in [0.1, 0.15) is 0 Å². The first-order valence-corrected chi connectivity index (χ1v) is 6.40. The van der Waals surface area contributed by atoms with Crippen LogP contribution in [0.2, 0.25) is 0 Å². The van der Waals surface area contributed by atoms with Gasteiger partial charge in [0.2, 0.25) is 0 Å². The standard InChI is InChI=1S/C14H24O4/c1-11(2)9-17-13(15)7-5-6-8-14(16)18-10-12(3)4/h5,7,11-12H,6,8-10H2,1-4H3/b7-5+. The van der Waals surface area contributed by atoms with E-state index in [-0.39, 0.29) is 11.9 Å². The van der Waals surface area contributed by atoms with Gasteiger partial charge in [0.15, 0.2) is 0 Å². The Labute approximate surface area is 109 Å². The molecular weight excluding hydrogens is 232 g/mol. The second-order valence-electron chi connectivity index (χ2n) is 5.04. The van der Waals surface area contributed by atoms with E-state index in [0.717, 1.165) is 0 Å². The fraction of sp³-hybridized carbons (Fsp3) is 0.714. The third-order valence-corrected chi connectivity index (χ3v) is 1.91. The molecule has 104 valence electrons. The Morgan fingerprint density at radius 3 is 2.11 bits per heavy atom. The van der Waals surface area contributed by atoms with Crippen molar-refractivity contribution in [1.82, 2.24) is 0 Å². The van der Waals surface area contributed by atoms with Crippen molar-refractivity contribution in [2.75, 3.05) is 13.2 Å². The van der Waals surface area contributed by atoms with Gasteiger partial charge >= 0.3 is 11.9 Å². The van der Waals surface area contributed by atoms with E-state index in [0.29, 0.717) is 37.9 Å². The summed E-state index contributed by atoms with van der Waals surface area (Å²) in [5.41, 5.74) is 0. The number of ether oxygens (including phenoxy) is 2. The predicted molar refractivity (Wildman–Crippen MR) is 70.0 cm³/mol. The number of rotatable bonds is 8. The van der Waals surface area contributed by atoms with Crippen molar-refractivity contribution in [2.24, 2.45) is 11.8 Å². The number of hydrogen-bond acceptors (Lipinski definition) is 4. The van der Waals surface area contributed by atoms with Crippen LogP contribution in [0.5, 0.6) is 0 Å². The van der Waals surface area contributed by atoms with Crippen LogP contribution in [0.4, 0.5) is 0 Å². The van der Waals surface area contributed by atoms with Gasteiger partial charge in [-0.3, -0.25) is 4.79 Å². The zero-order chi connectivity index (χ0) is 14.0. The molecule has 0 radical (unpaired) electrons. The SMILES string of the molecule is CC(C)COC(=O)/C=C/CCC(=O)OCC(C)C. The van der Waals surface area contributed by atoms with Crippen LogP contribution in [0.15, 0.2) is 12.2 Å². The molecule has 0 amide bonds. The molecule has 0 saturated heterocycles. The van der Waals surface area contributed by atoms with Crippen LogP contribution in [0.25, 0.3) is 0 Å². The molecule has 0 bridgehead atoms. The van der Waals surface area contributed by atoms with Crippen LogP contribution in [0.1, 0.15) is 40.5 Å². The van der Waals surface area contributed by atoms with Crippen LogP contribution in [-0.2, 0) is 19.1 Å². The first-order valence-electron chi connectivity index (χ1n) is 6.40. The zero-order valence-electron chi connectivity index (χ0n) is 11.8. The molecule has 0 aromatic heterocycles. The van der Waals surface area contributed by atoms with Crippen LogP contribution in [0, 0.1) is 11.8 Å².